The molecular formula is C26H22Cl2N4O3S2. The zero-order chi connectivity index (χ0) is 26.5. The van der Waals surface area contributed by atoms with Gasteiger partial charge in [-0.15, -0.1) is 28.1 Å². The number of nitrogens with zero attached hydrogens (tertiary/aromatic N) is 3. The van der Waals surface area contributed by atoms with Gasteiger partial charge in [-0.25, -0.2) is 4.79 Å². The van der Waals surface area contributed by atoms with Gasteiger partial charge in [0.25, 0.3) is 0 Å². The van der Waals surface area contributed by atoms with E-state index in [0.717, 1.165) is 21.6 Å². The normalized spacial score (nSPS) is 10.8. The largest absolute Gasteiger partial charge is 0.465 e. The van der Waals surface area contributed by atoms with Crippen LogP contribution in [-0.2, 0) is 16.1 Å². The Morgan fingerprint density at radius 1 is 1.14 bits per heavy atom. The smallest absolute Gasteiger partial charge is 0.341 e. The standard InChI is InChI=1S/C26H22Cl2N4O3S2/c1-4-12-32-23(17-10-11-18(27)19(28)13-17)30-31-26(32)36-14-20(33)29-24-22(25(34)35-3)21(15(2)37-24)16-8-6-5-7-9-16/h4-11,13H,1,12,14H2,2-3H3,(H,29,33). The number of aryl methyl sites for hydroxylation is 1. The Balaban J connectivity index is 1.55. The minimum atomic E-state index is -0.511. The summed E-state index contributed by atoms with van der Waals surface area (Å²) < 4.78 is 6.87. The molecule has 4 aromatic rings. The monoisotopic (exact) mass is 572 g/mol. The minimum Gasteiger partial charge on any atom is -0.465 e. The topological polar surface area (TPSA) is 86.1 Å². The number of halogens is 2. The molecule has 0 bridgehead atoms. The van der Waals surface area contributed by atoms with Crippen molar-refractivity contribution in [2.45, 2.75) is 18.6 Å². The van der Waals surface area contributed by atoms with E-state index >= 15 is 0 Å². The Labute approximate surface area is 232 Å². The summed E-state index contributed by atoms with van der Waals surface area (Å²) in [5.74, 6) is -0.173. The Morgan fingerprint density at radius 3 is 2.57 bits per heavy atom. The molecule has 0 aliphatic carbocycles. The van der Waals surface area contributed by atoms with Crippen LogP contribution in [0.4, 0.5) is 5.00 Å². The molecular weight excluding hydrogens is 551 g/mol. The second-order valence-electron chi connectivity index (χ2n) is 7.77. The number of aromatic nitrogens is 3. The number of thioether (sulfide) groups is 1. The molecule has 190 valence electrons. The van der Waals surface area contributed by atoms with Crippen LogP contribution in [0.2, 0.25) is 10.0 Å². The lowest BCUT2D eigenvalue weighted by molar-refractivity contribution is -0.113. The number of anilines is 1. The highest BCUT2D eigenvalue weighted by molar-refractivity contribution is 7.99. The third kappa shape index (κ3) is 5.91. The Kier molecular flexibility index (Phi) is 8.71. The first-order valence-electron chi connectivity index (χ1n) is 11.0. The van der Waals surface area contributed by atoms with Gasteiger partial charge in [-0.3, -0.25) is 9.36 Å². The van der Waals surface area contributed by atoms with E-state index in [1.165, 1.54) is 30.2 Å². The zero-order valence-electron chi connectivity index (χ0n) is 20.0. The van der Waals surface area contributed by atoms with E-state index in [9.17, 15) is 9.59 Å². The summed E-state index contributed by atoms with van der Waals surface area (Å²) in [6.45, 7) is 6.15. The van der Waals surface area contributed by atoms with Gasteiger partial charge < -0.3 is 10.1 Å². The molecule has 0 aliphatic heterocycles. The van der Waals surface area contributed by atoms with Gasteiger partial charge in [0.05, 0.1) is 22.9 Å². The van der Waals surface area contributed by atoms with E-state index in [-0.39, 0.29) is 11.7 Å². The van der Waals surface area contributed by atoms with Crippen LogP contribution in [0.15, 0.2) is 66.3 Å². The predicted molar refractivity (Wildman–Crippen MR) is 151 cm³/mol. The minimum absolute atomic E-state index is 0.0505. The Morgan fingerprint density at radius 2 is 1.89 bits per heavy atom. The number of carbonyl (C=O) groups excluding carboxylic acids is 2. The molecule has 0 unspecified atom stereocenters. The molecule has 0 atom stereocenters. The Hall–Kier alpha value is -3.11. The molecule has 0 saturated carbocycles. The molecule has 0 saturated heterocycles. The van der Waals surface area contributed by atoms with Gasteiger partial charge in [-0.2, -0.15) is 0 Å². The van der Waals surface area contributed by atoms with Crippen molar-refractivity contribution in [3.8, 4) is 22.5 Å². The first-order chi connectivity index (χ1) is 17.8. The zero-order valence-corrected chi connectivity index (χ0v) is 23.1. The third-order valence-corrected chi connectivity index (χ3v) is 8.05. The SMILES string of the molecule is C=CCn1c(SCC(=O)Nc2sc(C)c(-c3ccccc3)c2C(=O)OC)nnc1-c1ccc(Cl)c(Cl)c1. The second-order valence-corrected chi connectivity index (χ2v) is 10.7. The molecule has 4 rings (SSSR count). The maximum atomic E-state index is 12.9. The lowest BCUT2D eigenvalue weighted by atomic mass is 10.0. The molecule has 2 aromatic heterocycles. The van der Waals surface area contributed by atoms with E-state index in [4.69, 9.17) is 27.9 Å². The maximum Gasteiger partial charge on any atom is 0.341 e. The van der Waals surface area contributed by atoms with E-state index < -0.39 is 5.97 Å². The highest BCUT2D eigenvalue weighted by Crippen LogP contribution is 2.40. The summed E-state index contributed by atoms with van der Waals surface area (Å²) >= 11 is 14.8. The van der Waals surface area contributed by atoms with Gasteiger partial charge in [0.2, 0.25) is 5.91 Å². The number of esters is 1. The lowest BCUT2D eigenvalue weighted by Crippen LogP contribution is -2.16. The van der Waals surface area contributed by atoms with Crippen LogP contribution in [0.1, 0.15) is 15.2 Å². The fourth-order valence-electron chi connectivity index (χ4n) is 3.71. The van der Waals surface area contributed by atoms with Gasteiger partial charge in [0.15, 0.2) is 11.0 Å². The van der Waals surface area contributed by atoms with E-state index in [1.807, 2.05) is 41.8 Å². The van der Waals surface area contributed by atoms with Crippen LogP contribution in [0, 0.1) is 6.92 Å². The molecule has 0 aliphatic rings. The summed E-state index contributed by atoms with van der Waals surface area (Å²) in [5.41, 5.74) is 2.70. The number of ether oxygens (including phenoxy) is 1. The van der Waals surface area contributed by atoms with E-state index in [0.29, 0.717) is 38.1 Å². The average molecular weight is 574 g/mol. The molecule has 0 spiro atoms. The number of benzene rings is 2. The summed E-state index contributed by atoms with van der Waals surface area (Å²) in [5, 5.41) is 13.3. The predicted octanol–water partition coefficient (Wildman–Crippen LogP) is 6.99. The van der Waals surface area contributed by atoms with Crippen molar-refractivity contribution in [3.05, 3.63) is 81.7 Å². The lowest BCUT2D eigenvalue weighted by Gasteiger charge is -2.09. The molecule has 2 aromatic carbocycles. The van der Waals surface area contributed by atoms with Crippen LogP contribution in [0.3, 0.4) is 0 Å². The molecule has 7 nitrogen and oxygen atoms in total. The number of hydrogen-bond donors (Lipinski definition) is 1. The molecule has 1 N–H and O–H groups in total. The molecule has 2 heterocycles. The van der Waals surface area contributed by atoms with Gasteiger partial charge >= 0.3 is 5.97 Å². The number of methoxy groups -OCH3 is 1. The number of rotatable bonds is 9. The van der Waals surface area contributed by atoms with Crippen molar-refractivity contribution in [1.29, 1.82) is 0 Å². The van der Waals surface area contributed by atoms with Crippen molar-refractivity contribution >= 4 is 63.2 Å². The van der Waals surface area contributed by atoms with Crippen LogP contribution in [0.25, 0.3) is 22.5 Å². The summed E-state index contributed by atoms with van der Waals surface area (Å²) in [6, 6.07) is 14.7. The Bertz CT molecular complexity index is 1470. The van der Waals surface area contributed by atoms with Crippen LogP contribution >= 0.6 is 46.3 Å². The number of carbonyl (C=O) groups is 2. The summed E-state index contributed by atoms with van der Waals surface area (Å²) in [6.07, 6.45) is 1.72. The van der Waals surface area contributed by atoms with Crippen LogP contribution in [0.5, 0.6) is 0 Å². The number of nitrogens with one attached hydrogen (secondary N) is 1. The number of amides is 1. The van der Waals surface area contributed by atoms with Gasteiger partial charge in [-0.1, -0.05) is 71.4 Å². The second kappa shape index (κ2) is 12.0. The first kappa shape index (κ1) is 26.9. The summed E-state index contributed by atoms with van der Waals surface area (Å²) in [7, 11) is 1.32. The fourth-order valence-corrected chi connectivity index (χ4v) is 5.84. The fraction of sp³-hybridized carbons (Fsp3) is 0.154. The quantitative estimate of drug-likeness (QED) is 0.132. The molecule has 0 fully saturated rings. The maximum absolute atomic E-state index is 12.9. The molecule has 0 radical (unpaired) electrons. The van der Waals surface area contributed by atoms with Crippen LogP contribution < -0.4 is 5.32 Å². The number of allylic oxidation sites excluding steroid dienone is 1. The van der Waals surface area contributed by atoms with Crippen LogP contribution in [-0.4, -0.2) is 39.5 Å². The van der Waals surface area contributed by atoms with Crippen molar-refractivity contribution in [2.24, 2.45) is 0 Å². The third-order valence-electron chi connectivity index (χ3n) is 5.33. The molecule has 1 amide bonds. The van der Waals surface area contributed by atoms with Crippen molar-refractivity contribution in [3.63, 3.8) is 0 Å². The van der Waals surface area contributed by atoms with E-state index in [2.05, 4.69) is 22.1 Å². The van der Waals surface area contributed by atoms with Gasteiger partial charge in [0.1, 0.15) is 10.6 Å². The highest BCUT2D eigenvalue weighted by atomic mass is 35.5. The van der Waals surface area contributed by atoms with Crippen molar-refractivity contribution < 1.29 is 14.3 Å². The first-order valence-corrected chi connectivity index (χ1v) is 13.6. The van der Waals surface area contributed by atoms with E-state index in [1.54, 1.807) is 24.3 Å². The number of thiophene rings is 1. The highest BCUT2D eigenvalue weighted by Gasteiger charge is 2.25. The van der Waals surface area contributed by atoms with Gasteiger partial charge in [0, 0.05) is 22.5 Å². The number of hydrogen-bond acceptors (Lipinski definition) is 7. The van der Waals surface area contributed by atoms with Crippen molar-refractivity contribution in [1.82, 2.24) is 14.8 Å². The van der Waals surface area contributed by atoms with Gasteiger partial charge in [-0.05, 0) is 30.7 Å². The molecule has 37 heavy (non-hydrogen) atoms. The molecule has 11 heteroatoms. The summed E-state index contributed by atoms with van der Waals surface area (Å²) in [4.78, 5) is 26.5. The van der Waals surface area contributed by atoms with Crippen molar-refractivity contribution in [2.75, 3.05) is 18.2 Å². The average Bonchev–Trinajstić information content (AvgIpc) is 3.44.